The zero-order chi connectivity index (χ0) is 15.7. The summed E-state index contributed by atoms with van der Waals surface area (Å²) < 4.78 is 25.2. The van der Waals surface area contributed by atoms with Gasteiger partial charge in [0.25, 0.3) is 5.91 Å². The minimum Gasteiger partial charge on any atom is -0.346 e. The summed E-state index contributed by atoms with van der Waals surface area (Å²) in [7, 11) is -3.24. The molecule has 7 heteroatoms. The number of rotatable bonds is 4. The molecule has 1 saturated heterocycles. The van der Waals surface area contributed by atoms with Crippen molar-refractivity contribution < 1.29 is 13.2 Å². The molecule has 1 heterocycles. The molecule has 21 heavy (non-hydrogen) atoms. The maximum atomic E-state index is 12.2. The Balaban J connectivity index is 2.24. The summed E-state index contributed by atoms with van der Waals surface area (Å²) in [6, 6.07) is 6.65. The molecule has 1 aromatic rings. The van der Waals surface area contributed by atoms with E-state index in [9.17, 15) is 13.2 Å². The molecule has 3 N–H and O–H groups in total. The van der Waals surface area contributed by atoms with Crippen molar-refractivity contribution in [3.05, 3.63) is 29.8 Å². The predicted molar refractivity (Wildman–Crippen MR) is 82.8 cm³/mol. The number of nitrogens with two attached hydrogens (primary N) is 1. The normalized spacial score (nSPS) is 17.8. The van der Waals surface area contributed by atoms with Crippen molar-refractivity contribution in [3.8, 4) is 0 Å². The molecule has 0 unspecified atom stereocenters. The van der Waals surface area contributed by atoms with Crippen molar-refractivity contribution in [2.24, 2.45) is 5.73 Å². The Morgan fingerprint density at radius 1 is 1.43 bits per heavy atom. The molecule has 0 radical (unpaired) electrons. The second kappa shape index (κ2) is 5.65. The SMILES string of the molecule is CC(C)(CN)NC(=O)c1cccc(N2CCCS2(=O)=O)c1. The standard InChI is InChI=1S/C14H21N3O3S/c1-14(2,10-15)16-13(18)11-5-3-6-12(9-11)17-7-4-8-21(17,19)20/h3,5-6,9H,4,7-8,10,15H2,1-2H3,(H,16,18). The van der Waals surface area contributed by atoms with Gasteiger partial charge in [-0.25, -0.2) is 8.42 Å². The maximum absolute atomic E-state index is 12.2. The fourth-order valence-corrected chi connectivity index (χ4v) is 3.72. The predicted octanol–water partition coefficient (Wildman–Crippen LogP) is 0.694. The molecule has 0 saturated carbocycles. The second-order valence-corrected chi connectivity index (χ2v) is 7.85. The van der Waals surface area contributed by atoms with Crippen LogP contribution in [0.2, 0.25) is 0 Å². The number of nitrogens with one attached hydrogen (secondary N) is 1. The van der Waals surface area contributed by atoms with Gasteiger partial charge in [-0.2, -0.15) is 0 Å². The van der Waals surface area contributed by atoms with Crippen molar-refractivity contribution in [3.63, 3.8) is 0 Å². The molecule has 1 amide bonds. The van der Waals surface area contributed by atoms with Gasteiger partial charge in [-0.15, -0.1) is 0 Å². The van der Waals surface area contributed by atoms with E-state index in [0.717, 1.165) is 0 Å². The van der Waals surface area contributed by atoms with E-state index in [4.69, 9.17) is 5.73 Å². The van der Waals surface area contributed by atoms with Gasteiger partial charge in [0, 0.05) is 24.2 Å². The van der Waals surface area contributed by atoms with Crippen molar-refractivity contribution in [1.82, 2.24) is 5.32 Å². The van der Waals surface area contributed by atoms with Gasteiger partial charge in [0.05, 0.1) is 11.4 Å². The Hall–Kier alpha value is -1.60. The Morgan fingerprint density at radius 2 is 2.14 bits per heavy atom. The number of sulfonamides is 1. The zero-order valence-electron chi connectivity index (χ0n) is 12.3. The van der Waals surface area contributed by atoms with E-state index in [0.29, 0.717) is 30.8 Å². The molecule has 0 spiro atoms. The fraction of sp³-hybridized carbons (Fsp3) is 0.500. The van der Waals surface area contributed by atoms with E-state index < -0.39 is 15.6 Å². The largest absolute Gasteiger partial charge is 0.346 e. The van der Waals surface area contributed by atoms with E-state index in [2.05, 4.69) is 5.32 Å². The third-order valence-electron chi connectivity index (χ3n) is 3.46. The molecule has 0 aliphatic carbocycles. The van der Waals surface area contributed by atoms with E-state index in [1.54, 1.807) is 24.3 Å². The van der Waals surface area contributed by atoms with Crippen LogP contribution in [0.1, 0.15) is 30.6 Å². The highest BCUT2D eigenvalue weighted by molar-refractivity contribution is 7.93. The van der Waals surface area contributed by atoms with Gasteiger partial charge in [-0.3, -0.25) is 9.10 Å². The van der Waals surface area contributed by atoms with Gasteiger partial charge in [-0.05, 0) is 38.5 Å². The quantitative estimate of drug-likeness (QED) is 0.856. The highest BCUT2D eigenvalue weighted by Gasteiger charge is 2.29. The number of carbonyl (C=O) groups is 1. The molecule has 2 rings (SSSR count). The second-order valence-electron chi connectivity index (χ2n) is 5.83. The summed E-state index contributed by atoms with van der Waals surface area (Å²) >= 11 is 0. The summed E-state index contributed by atoms with van der Waals surface area (Å²) in [6.07, 6.45) is 0.610. The van der Waals surface area contributed by atoms with Crippen molar-refractivity contribution in [2.75, 3.05) is 23.1 Å². The Bertz CT molecular complexity index is 641. The molecule has 6 nitrogen and oxygen atoms in total. The fourth-order valence-electron chi connectivity index (χ4n) is 2.16. The lowest BCUT2D eigenvalue weighted by Gasteiger charge is -2.24. The van der Waals surface area contributed by atoms with Crippen LogP contribution in [0, 0.1) is 0 Å². The highest BCUT2D eigenvalue weighted by Crippen LogP contribution is 2.24. The summed E-state index contributed by atoms with van der Waals surface area (Å²) in [4.78, 5) is 12.2. The van der Waals surface area contributed by atoms with E-state index in [1.807, 2.05) is 13.8 Å². The Kier molecular flexibility index (Phi) is 4.25. The van der Waals surface area contributed by atoms with Gasteiger partial charge in [-0.1, -0.05) is 6.07 Å². The number of carbonyl (C=O) groups excluding carboxylic acids is 1. The molecule has 1 aliphatic heterocycles. The molecule has 0 aromatic heterocycles. The molecule has 116 valence electrons. The number of hydrogen-bond acceptors (Lipinski definition) is 4. The monoisotopic (exact) mass is 311 g/mol. The van der Waals surface area contributed by atoms with Crippen LogP contribution in [-0.2, 0) is 10.0 Å². The van der Waals surface area contributed by atoms with Crippen molar-refractivity contribution in [2.45, 2.75) is 25.8 Å². The third-order valence-corrected chi connectivity index (χ3v) is 5.33. The highest BCUT2D eigenvalue weighted by atomic mass is 32.2. The number of nitrogens with zero attached hydrogens (tertiary/aromatic N) is 1. The third kappa shape index (κ3) is 3.54. The van der Waals surface area contributed by atoms with E-state index in [-0.39, 0.29) is 11.7 Å². The molecular formula is C14H21N3O3S. The molecule has 0 bridgehead atoms. The van der Waals surface area contributed by atoms with Crippen molar-refractivity contribution in [1.29, 1.82) is 0 Å². The number of anilines is 1. The topological polar surface area (TPSA) is 92.5 Å². The average Bonchev–Trinajstić information content (AvgIpc) is 2.78. The van der Waals surface area contributed by atoms with Crippen LogP contribution >= 0.6 is 0 Å². The summed E-state index contributed by atoms with van der Waals surface area (Å²) in [5, 5.41) is 2.83. The maximum Gasteiger partial charge on any atom is 0.251 e. The summed E-state index contributed by atoms with van der Waals surface area (Å²) in [5.41, 5.74) is 6.05. The molecular weight excluding hydrogens is 290 g/mol. The summed E-state index contributed by atoms with van der Waals surface area (Å²) in [5.74, 6) is -0.104. The van der Waals surface area contributed by atoms with Crippen LogP contribution in [0.4, 0.5) is 5.69 Å². The van der Waals surface area contributed by atoms with Crippen molar-refractivity contribution >= 4 is 21.6 Å². The first-order valence-corrected chi connectivity index (χ1v) is 8.49. The van der Waals surface area contributed by atoms with Crippen LogP contribution in [0.15, 0.2) is 24.3 Å². The molecule has 1 fully saturated rings. The lowest BCUT2D eigenvalue weighted by atomic mass is 10.1. The molecule has 1 aromatic carbocycles. The van der Waals surface area contributed by atoms with E-state index >= 15 is 0 Å². The summed E-state index contributed by atoms with van der Waals surface area (Å²) in [6.45, 7) is 4.44. The first-order valence-electron chi connectivity index (χ1n) is 6.88. The Morgan fingerprint density at radius 3 is 2.71 bits per heavy atom. The zero-order valence-corrected chi connectivity index (χ0v) is 13.1. The van der Waals surface area contributed by atoms with Gasteiger partial charge >= 0.3 is 0 Å². The number of amides is 1. The molecule has 1 aliphatic rings. The minimum atomic E-state index is -3.24. The number of benzene rings is 1. The van der Waals surface area contributed by atoms with Crippen LogP contribution < -0.4 is 15.4 Å². The van der Waals surface area contributed by atoms with Crippen LogP contribution in [-0.4, -0.2) is 38.7 Å². The lowest BCUT2D eigenvalue weighted by Crippen LogP contribution is -2.48. The van der Waals surface area contributed by atoms with Gasteiger partial charge in [0.15, 0.2) is 0 Å². The van der Waals surface area contributed by atoms with E-state index in [1.165, 1.54) is 4.31 Å². The molecule has 0 atom stereocenters. The van der Waals surface area contributed by atoms with Gasteiger partial charge in [0.1, 0.15) is 0 Å². The smallest absolute Gasteiger partial charge is 0.251 e. The average molecular weight is 311 g/mol. The Labute approximate surface area is 125 Å². The van der Waals surface area contributed by atoms with Gasteiger partial charge < -0.3 is 11.1 Å². The minimum absolute atomic E-state index is 0.156. The number of hydrogen-bond donors (Lipinski definition) is 2. The first kappa shape index (κ1) is 15.8. The van der Waals surface area contributed by atoms with Crippen LogP contribution in [0.25, 0.3) is 0 Å². The van der Waals surface area contributed by atoms with Crippen LogP contribution in [0.5, 0.6) is 0 Å². The van der Waals surface area contributed by atoms with Gasteiger partial charge in [0.2, 0.25) is 10.0 Å². The lowest BCUT2D eigenvalue weighted by molar-refractivity contribution is 0.0915. The first-order chi connectivity index (χ1) is 9.75. The van der Waals surface area contributed by atoms with Crippen LogP contribution in [0.3, 0.4) is 0 Å².